The lowest BCUT2D eigenvalue weighted by molar-refractivity contribution is -0.152. The Labute approximate surface area is 209 Å². The van der Waals surface area contributed by atoms with E-state index in [1.54, 1.807) is 37.3 Å². The number of rotatable bonds is 9. The fraction of sp³-hybridized carbons (Fsp3) is 0.348. The smallest absolute Gasteiger partial charge is 0.402 e. The van der Waals surface area contributed by atoms with Gasteiger partial charge in [-0.25, -0.2) is 13.2 Å². The van der Waals surface area contributed by atoms with E-state index in [1.807, 2.05) is 0 Å². The zero-order valence-electron chi connectivity index (χ0n) is 19.0. The summed E-state index contributed by atoms with van der Waals surface area (Å²) in [5.74, 6) is -0.895. The van der Waals surface area contributed by atoms with Crippen molar-refractivity contribution in [2.24, 2.45) is 0 Å². The van der Waals surface area contributed by atoms with Crippen LogP contribution in [0.25, 0.3) is 10.1 Å². The van der Waals surface area contributed by atoms with Crippen LogP contribution in [0, 0.1) is 6.92 Å². The van der Waals surface area contributed by atoms with Crippen LogP contribution < -0.4 is 4.74 Å². The number of fused-ring (bicyclic) bond motifs is 1. The van der Waals surface area contributed by atoms with Crippen LogP contribution in [0.1, 0.15) is 25.0 Å². The van der Waals surface area contributed by atoms with Gasteiger partial charge in [0, 0.05) is 16.3 Å². The van der Waals surface area contributed by atoms with Gasteiger partial charge in [-0.1, -0.05) is 23.7 Å². The maximum atomic E-state index is 13.3. The highest BCUT2D eigenvalue weighted by atomic mass is 35.5. The molecule has 190 valence electrons. The molecular weight excluding hydrogens is 527 g/mol. The van der Waals surface area contributed by atoms with E-state index >= 15 is 0 Å². The lowest BCUT2D eigenvalue weighted by Crippen LogP contribution is -2.40. The average Bonchev–Trinajstić information content (AvgIpc) is 3.07. The van der Waals surface area contributed by atoms with Crippen LogP contribution in [-0.2, 0) is 21.2 Å². The molecule has 1 aromatic heterocycles. The van der Waals surface area contributed by atoms with Crippen LogP contribution in [0.5, 0.6) is 5.75 Å². The molecule has 1 N–H and O–H groups in total. The summed E-state index contributed by atoms with van der Waals surface area (Å²) in [7, 11) is -4.45. The third-order valence-corrected chi connectivity index (χ3v) is 9.20. The zero-order valence-corrected chi connectivity index (χ0v) is 21.4. The number of benzene rings is 2. The first-order valence-electron chi connectivity index (χ1n) is 10.4. The highest BCUT2D eigenvalue weighted by Gasteiger charge is 2.38. The normalized spacial score (nSPS) is 12.9. The predicted molar refractivity (Wildman–Crippen MR) is 129 cm³/mol. The Kier molecular flexibility index (Phi) is 7.76. The topological polar surface area (TPSA) is 83.9 Å². The molecule has 0 aliphatic heterocycles. The van der Waals surface area contributed by atoms with Gasteiger partial charge in [0.1, 0.15) is 16.5 Å². The molecule has 1 heterocycles. The number of nitrogens with zero attached hydrogens (tertiary/aromatic N) is 1. The largest absolute Gasteiger partial charge is 0.478 e. The SMILES string of the molecule is Cc1c(S(=O)(=O)N(CCc2ccc(OC(C)(C)C(=O)O)cc2)CC(F)(F)F)sc2ccc(Cl)cc12. The maximum absolute atomic E-state index is 13.3. The minimum Gasteiger partial charge on any atom is -0.478 e. The predicted octanol–water partition coefficient (Wildman–Crippen LogP) is 5.90. The number of aryl methyl sites for hydroxylation is 1. The summed E-state index contributed by atoms with van der Waals surface area (Å²) < 4.78 is 72.9. The number of hydrogen-bond donors (Lipinski definition) is 1. The van der Waals surface area contributed by atoms with E-state index in [4.69, 9.17) is 21.4 Å². The van der Waals surface area contributed by atoms with E-state index in [0.717, 1.165) is 11.3 Å². The van der Waals surface area contributed by atoms with E-state index < -0.39 is 40.9 Å². The quantitative estimate of drug-likeness (QED) is 0.359. The standard InChI is InChI=1S/C23H23ClF3NO5S2/c1-14-18-12-16(24)6-9-19(18)34-20(14)35(31,32)28(13-23(25,26)27)11-10-15-4-7-17(8-5-15)33-22(2,3)21(29)30/h4-9,12H,10-11,13H2,1-3H3,(H,29,30). The number of aliphatic carboxylic acids is 1. The Morgan fingerprint density at radius 3 is 2.34 bits per heavy atom. The van der Waals surface area contributed by atoms with E-state index in [1.165, 1.54) is 26.0 Å². The first-order chi connectivity index (χ1) is 16.1. The Balaban J connectivity index is 1.85. The number of hydrogen-bond acceptors (Lipinski definition) is 5. The van der Waals surface area contributed by atoms with E-state index in [9.17, 15) is 26.4 Å². The van der Waals surface area contributed by atoms with Crippen molar-refractivity contribution in [3.63, 3.8) is 0 Å². The number of carboxylic acids is 1. The van der Waals surface area contributed by atoms with Crippen LogP contribution in [0.3, 0.4) is 0 Å². The number of ether oxygens (including phenoxy) is 1. The minimum absolute atomic E-state index is 0.00762. The van der Waals surface area contributed by atoms with Crippen molar-refractivity contribution >= 4 is 49.0 Å². The Bertz CT molecular complexity index is 1340. The molecule has 0 amide bonds. The van der Waals surface area contributed by atoms with Crippen molar-refractivity contribution in [2.45, 2.75) is 43.2 Å². The fourth-order valence-corrected chi connectivity index (χ4v) is 6.81. The van der Waals surface area contributed by atoms with Crippen molar-refractivity contribution in [3.8, 4) is 5.75 Å². The number of carboxylic acid groups (broad SMARTS) is 1. The van der Waals surface area contributed by atoms with Gasteiger partial charge in [0.15, 0.2) is 5.60 Å². The van der Waals surface area contributed by atoms with E-state index in [0.29, 0.717) is 30.5 Å². The number of halogens is 4. The third kappa shape index (κ3) is 6.46. The Morgan fingerprint density at radius 1 is 1.14 bits per heavy atom. The molecule has 0 fully saturated rings. The van der Waals surface area contributed by atoms with Crippen LogP contribution in [-0.4, -0.2) is 48.7 Å². The van der Waals surface area contributed by atoms with Gasteiger partial charge in [-0.3, -0.25) is 0 Å². The van der Waals surface area contributed by atoms with Gasteiger partial charge in [-0.05, 0) is 74.0 Å². The van der Waals surface area contributed by atoms with Gasteiger partial charge >= 0.3 is 12.1 Å². The highest BCUT2D eigenvalue weighted by molar-refractivity contribution is 7.91. The third-order valence-electron chi connectivity index (χ3n) is 5.25. The molecule has 0 aliphatic carbocycles. The van der Waals surface area contributed by atoms with Gasteiger partial charge < -0.3 is 9.84 Å². The minimum atomic E-state index is -4.74. The van der Waals surface area contributed by atoms with Crippen molar-refractivity contribution in [1.29, 1.82) is 0 Å². The maximum Gasteiger partial charge on any atom is 0.402 e. The lowest BCUT2D eigenvalue weighted by atomic mass is 10.1. The number of thiophene rings is 1. The first-order valence-corrected chi connectivity index (χ1v) is 13.0. The van der Waals surface area contributed by atoms with Gasteiger partial charge in [-0.15, -0.1) is 11.3 Å². The average molecular weight is 550 g/mol. The molecule has 12 heteroatoms. The highest BCUT2D eigenvalue weighted by Crippen LogP contribution is 2.37. The second kappa shape index (κ2) is 9.96. The van der Waals surface area contributed by atoms with E-state index in [-0.39, 0.29) is 16.4 Å². The van der Waals surface area contributed by atoms with Gasteiger partial charge in [0.05, 0.1) is 0 Å². The molecule has 0 unspecified atom stereocenters. The van der Waals surface area contributed by atoms with Crippen LogP contribution >= 0.6 is 22.9 Å². The number of alkyl halides is 3. The first kappa shape index (κ1) is 27.3. The molecule has 2 aromatic carbocycles. The summed E-state index contributed by atoms with van der Waals surface area (Å²) in [5.41, 5.74) is -0.555. The monoisotopic (exact) mass is 549 g/mol. The van der Waals surface area contributed by atoms with Gasteiger partial charge in [-0.2, -0.15) is 17.5 Å². The summed E-state index contributed by atoms with van der Waals surface area (Å²) >= 11 is 6.91. The molecule has 0 spiro atoms. The summed E-state index contributed by atoms with van der Waals surface area (Å²) in [6.07, 6.45) is -4.73. The van der Waals surface area contributed by atoms with Gasteiger partial charge in [0.25, 0.3) is 10.0 Å². The molecule has 35 heavy (non-hydrogen) atoms. The molecular formula is C23H23ClF3NO5S2. The van der Waals surface area contributed by atoms with Crippen molar-refractivity contribution < 1.29 is 36.2 Å². The number of carbonyl (C=O) groups is 1. The zero-order chi connectivity index (χ0) is 26.2. The Hall–Kier alpha value is -2.34. The number of sulfonamides is 1. The second-order valence-electron chi connectivity index (χ2n) is 8.42. The fourth-order valence-electron chi connectivity index (χ4n) is 3.33. The molecule has 0 radical (unpaired) electrons. The summed E-state index contributed by atoms with van der Waals surface area (Å²) in [5, 5.41) is 10.1. The molecule has 3 aromatic rings. The van der Waals surface area contributed by atoms with Crippen LogP contribution in [0.2, 0.25) is 5.02 Å². The molecule has 0 aliphatic rings. The van der Waals surface area contributed by atoms with Crippen LogP contribution in [0.4, 0.5) is 13.2 Å². The lowest BCUT2D eigenvalue weighted by Gasteiger charge is -2.23. The molecule has 3 rings (SSSR count). The van der Waals surface area contributed by atoms with Crippen LogP contribution in [0.15, 0.2) is 46.7 Å². The molecule has 0 bridgehead atoms. The summed E-state index contributed by atoms with van der Waals surface area (Å²) in [4.78, 5) is 11.2. The van der Waals surface area contributed by atoms with Crippen molar-refractivity contribution in [2.75, 3.05) is 13.1 Å². The Morgan fingerprint density at radius 2 is 1.77 bits per heavy atom. The second-order valence-corrected chi connectivity index (χ2v) is 12.0. The summed E-state index contributed by atoms with van der Waals surface area (Å²) in [6.45, 7) is 2.28. The molecule has 6 nitrogen and oxygen atoms in total. The summed E-state index contributed by atoms with van der Waals surface area (Å²) in [6, 6.07) is 10.9. The molecule has 0 atom stereocenters. The van der Waals surface area contributed by atoms with Gasteiger partial charge in [0.2, 0.25) is 0 Å². The van der Waals surface area contributed by atoms with Crippen molar-refractivity contribution in [3.05, 3.63) is 58.6 Å². The molecule has 0 saturated carbocycles. The van der Waals surface area contributed by atoms with Crippen molar-refractivity contribution in [1.82, 2.24) is 4.31 Å². The molecule has 0 saturated heterocycles. The van der Waals surface area contributed by atoms with E-state index in [2.05, 4.69) is 0 Å².